The van der Waals surface area contributed by atoms with Crippen LogP contribution in [0.25, 0.3) is 16.7 Å². The number of benzene rings is 1. The molecular weight excluding hydrogens is 538 g/mol. The number of allylic oxidation sites excluding steroid dienone is 4. The number of aromatic amines is 1. The van der Waals surface area contributed by atoms with Crippen molar-refractivity contribution in [2.45, 2.75) is 62.5 Å². The van der Waals surface area contributed by atoms with Gasteiger partial charge in [0.25, 0.3) is 0 Å². The van der Waals surface area contributed by atoms with Crippen molar-refractivity contribution in [3.05, 3.63) is 47.7 Å². The van der Waals surface area contributed by atoms with Gasteiger partial charge in [-0.25, -0.2) is 18.4 Å². The van der Waals surface area contributed by atoms with E-state index in [1.807, 2.05) is 24.4 Å². The zero-order valence-corrected chi connectivity index (χ0v) is 24.5. The van der Waals surface area contributed by atoms with Crippen molar-refractivity contribution in [3.8, 4) is 0 Å². The number of nitrogens with two attached hydrogens (primary N) is 1. The zero-order valence-electron chi connectivity index (χ0n) is 23.6. The van der Waals surface area contributed by atoms with Gasteiger partial charge in [0.05, 0.1) is 23.8 Å². The Labute approximate surface area is 240 Å². The third kappa shape index (κ3) is 4.45. The number of nitrogens with one attached hydrogen (secondary N) is 1. The Bertz CT molecular complexity index is 1670. The van der Waals surface area contributed by atoms with Crippen molar-refractivity contribution in [1.82, 2.24) is 20.2 Å². The fourth-order valence-corrected chi connectivity index (χ4v) is 8.34. The van der Waals surface area contributed by atoms with E-state index < -0.39 is 9.84 Å². The molecule has 3 N–H and O–H groups in total. The monoisotopic (exact) mass is 575 g/mol. The van der Waals surface area contributed by atoms with Crippen molar-refractivity contribution < 1.29 is 13.2 Å². The van der Waals surface area contributed by atoms with Gasteiger partial charge in [-0.2, -0.15) is 5.10 Å². The van der Waals surface area contributed by atoms with Gasteiger partial charge in [-0.05, 0) is 62.7 Å². The lowest BCUT2D eigenvalue weighted by Crippen LogP contribution is -2.50. The molecule has 3 aliphatic heterocycles. The van der Waals surface area contributed by atoms with Crippen LogP contribution in [0.3, 0.4) is 0 Å². The van der Waals surface area contributed by atoms with Crippen LogP contribution in [0, 0.1) is 5.41 Å². The van der Waals surface area contributed by atoms with Gasteiger partial charge in [-0.15, -0.1) is 0 Å². The Balaban J connectivity index is 1.20. The van der Waals surface area contributed by atoms with Gasteiger partial charge in [-0.1, -0.05) is 24.3 Å². The summed E-state index contributed by atoms with van der Waals surface area (Å²) >= 11 is 0. The van der Waals surface area contributed by atoms with Gasteiger partial charge in [0, 0.05) is 48.6 Å². The molecule has 5 heterocycles. The maximum absolute atomic E-state index is 13.1. The molecule has 0 amide bonds. The second-order valence-electron chi connectivity index (χ2n) is 12.0. The average molecular weight is 576 g/mol. The summed E-state index contributed by atoms with van der Waals surface area (Å²) in [5.41, 5.74) is 11.3. The molecule has 11 heteroatoms. The standard InChI is InChI=1S/C30H37N7O3S/c1-19-27(31)30(18-40-19)12-15-36(16-13-30)24-17-32-25-28(33-24)34-35-29(25)37-14-6-9-22-23(37)11-10-21(26(22)41(2,38)39)20-7-4-3-5-8-20/h4,7-8,10-11,17,19,27H,3,5-6,9,12-16,18,31H2,1-2H3,(H,33,34,35)/t19-,27+/m0/s1. The second kappa shape index (κ2) is 9.92. The quantitative estimate of drug-likeness (QED) is 0.476. The molecule has 7 rings (SSSR count). The third-order valence-electron chi connectivity index (χ3n) is 9.44. The highest BCUT2D eigenvalue weighted by Crippen LogP contribution is 2.43. The van der Waals surface area contributed by atoms with Crippen LogP contribution in [-0.2, 0) is 21.0 Å². The smallest absolute Gasteiger partial charge is 0.183 e. The minimum atomic E-state index is -3.47. The van der Waals surface area contributed by atoms with Gasteiger partial charge in [0.1, 0.15) is 5.82 Å². The van der Waals surface area contributed by atoms with Crippen LogP contribution in [0.1, 0.15) is 50.2 Å². The zero-order chi connectivity index (χ0) is 28.4. The number of piperidine rings is 1. The van der Waals surface area contributed by atoms with Crippen molar-refractivity contribution in [1.29, 1.82) is 0 Å². The molecule has 1 aliphatic carbocycles. The minimum absolute atomic E-state index is 0.0464. The Morgan fingerprint density at radius 1 is 1.17 bits per heavy atom. The molecule has 10 nitrogen and oxygen atoms in total. The summed E-state index contributed by atoms with van der Waals surface area (Å²) in [5, 5.41) is 7.73. The molecule has 0 unspecified atom stereocenters. The van der Waals surface area contributed by atoms with Gasteiger partial charge in [0.15, 0.2) is 26.8 Å². The lowest BCUT2D eigenvalue weighted by Gasteiger charge is -2.41. The number of ether oxygens (including phenoxy) is 1. The Morgan fingerprint density at radius 2 is 2.00 bits per heavy atom. The fourth-order valence-electron chi connectivity index (χ4n) is 7.11. The number of nitrogens with zero attached hydrogens (tertiary/aromatic N) is 5. The highest BCUT2D eigenvalue weighted by atomic mass is 32.2. The normalized spacial score (nSPS) is 24.2. The van der Waals surface area contributed by atoms with Crippen LogP contribution >= 0.6 is 0 Å². The number of anilines is 3. The first-order chi connectivity index (χ1) is 19.7. The highest BCUT2D eigenvalue weighted by molar-refractivity contribution is 7.90. The highest BCUT2D eigenvalue weighted by Gasteiger charge is 2.47. The lowest BCUT2D eigenvalue weighted by atomic mass is 9.73. The number of aromatic nitrogens is 4. The van der Waals surface area contributed by atoms with E-state index in [1.54, 1.807) is 0 Å². The number of rotatable bonds is 4. The molecular formula is C30H37N7O3S. The van der Waals surface area contributed by atoms with Crippen molar-refractivity contribution >= 4 is 43.9 Å². The topological polar surface area (TPSA) is 130 Å². The summed E-state index contributed by atoms with van der Waals surface area (Å²) in [6.07, 6.45) is 14.8. The van der Waals surface area contributed by atoms with E-state index in [9.17, 15) is 8.42 Å². The first-order valence-corrected chi connectivity index (χ1v) is 16.5. The SMILES string of the molecule is C[C@@H]1OCC2(CCN(c3cnc4c(N5CCCc6c5ccc(C5=CCCC=C5)c6S(C)(=O)=O)n[nH]c4n3)CC2)[C@@H]1N. The van der Waals surface area contributed by atoms with Crippen molar-refractivity contribution in [3.63, 3.8) is 0 Å². The van der Waals surface area contributed by atoms with E-state index in [2.05, 4.69) is 39.1 Å². The number of hydrogen-bond acceptors (Lipinski definition) is 9. The maximum Gasteiger partial charge on any atom is 0.183 e. The van der Waals surface area contributed by atoms with Crippen LogP contribution in [0.4, 0.5) is 17.3 Å². The first kappa shape index (κ1) is 26.6. The number of sulfone groups is 1. The largest absolute Gasteiger partial charge is 0.376 e. The molecule has 216 valence electrons. The first-order valence-electron chi connectivity index (χ1n) is 14.6. The summed E-state index contributed by atoms with van der Waals surface area (Å²) in [7, 11) is -3.47. The molecule has 3 aromatic rings. The Kier molecular flexibility index (Phi) is 6.44. The molecule has 1 spiro atoms. The van der Waals surface area contributed by atoms with E-state index in [0.717, 1.165) is 86.6 Å². The van der Waals surface area contributed by atoms with Crippen molar-refractivity contribution in [2.24, 2.45) is 11.1 Å². The number of hydrogen-bond donors (Lipinski definition) is 2. The Hall–Kier alpha value is -3.28. The molecule has 4 aliphatic rings. The predicted molar refractivity (Wildman–Crippen MR) is 160 cm³/mol. The number of fused-ring (bicyclic) bond motifs is 2. The summed E-state index contributed by atoms with van der Waals surface area (Å²) in [5.74, 6) is 1.49. The Morgan fingerprint density at radius 3 is 2.71 bits per heavy atom. The molecule has 2 saturated heterocycles. The van der Waals surface area contributed by atoms with E-state index in [1.165, 1.54) is 6.26 Å². The van der Waals surface area contributed by atoms with Crippen LogP contribution < -0.4 is 15.5 Å². The van der Waals surface area contributed by atoms with Crippen LogP contribution in [-0.4, -0.2) is 73.2 Å². The minimum Gasteiger partial charge on any atom is -0.376 e. The van der Waals surface area contributed by atoms with Crippen molar-refractivity contribution in [2.75, 3.05) is 42.3 Å². The van der Waals surface area contributed by atoms with Gasteiger partial charge in [-0.3, -0.25) is 5.10 Å². The fraction of sp³-hybridized carbons (Fsp3) is 0.500. The second-order valence-corrected chi connectivity index (χ2v) is 13.9. The molecule has 0 bridgehead atoms. The summed E-state index contributed by atoms with van der Waals surface area (Å²) in [6.45, 7) is 5.22. The number of H-pyrrole nitrogens is 1. The van der Waals surface area contributed by atoms with E-state index in [-0.39, 0.29) is 17.6 Å². The molecule has 0 saturated carbocycles. The molecule has 2 atom stereocenters. The lowest BCUT2D eigenvalue weighted by molar-refractivity contribution is 0.0974. The van der Waals surface area contributed by atoms with E-state index in [4.69, 9.17) is 20.4 Å². The van der Waals surface area contributed by atoms with Gasteiger partial charge in [0.2, 0.25) is 0 Å². The molecule has 41 heavy (non-hydrogen) atoms. The van der Waals surface area contributed by atoms with Crippen LogP contribution in [0.5, 0.6) is 0 Å². The van der Waals surface area contributed by atoms with Gasteiger partial charge < -0.3 is 20.3 Å². The maximum atomic E-state index is 13.1. The van der Waals surface area contributed by atoms with E-state index in [0.29, 0.717) is 28.3 Å². The summed E-state index contributed by atoms with van der Waals surface area (Å²) in [4.78, 5) is 14.5. The third-order valence-corrected chi connectivity index (χ3v) is 10.6. The summed E-state index contributed by atoms with van der Waals surface area (Å²) < 4.78 is 32.2. The van der Waals surface area contributed by atoms with Gasteiger partial charge >= 0.3 is 0 Å². The molecule has 2 fully saturated rings. The van der Waals surface area contributed by atoms with E-state index >= 15 is 0 Å². The molecule has 2 aromatic heterocycles. The van der Waals surface area contributed by atoms with Crippen LogP contribution in [0.15, 0.2) is 41.5 Å². The average Bonchev–Trinajstić information content (AvgIpc) is 3.53. The van der Waals surface area contributed by atoms with Crippen LogP contribution in [0.2, 0.25) is 0 Å². The summed E-state index contributed by atoms with van der Waals surface area (Å²) in [6, 6.07) is 4.04. The molecule has 0 radical (unpaired) electrons. The molecule has 1 aromatic carbocycles. The predicted octanol–water partition coefficient (Wildman–Crippen LogP) is 3.91.